The molecule has 2 aromatic carbocycles. The lowest BCUT2D eigenvalue weighted by Crippen LogP contribution is -2.27. The Kier molecular flexibility index (Phi) is 5.25. The van der Waals surface area contributed by atoms with Gasteiger partial charge in [-0.3, -0.25) is 4.98 Å². The second-order valence-corrected chi connectivity index (χ2v) is 8.67. The molecule has 29 heavy (non-hydrogen) atoms. The van der Waals surface area contributed by atoms with Crippen LogP contribution in [0.3, 0.4) is 0 Å². The summed E-state index contributed by atoms with van der Waals surface area (Å²) in [6.07, 6.45) is 1.74. The summed E-state index contributed by atoms with van der Waals surface area (Å²) in [7, 11) is -3.67. The van der Waals surface area contributed by atoms with Crippen molar-refractivity contribution < 1.29 is 17.9 Å². The van der Waals surface area contributed by atoms with Crippen LogP contribution in [-0.4, -0.2) is 26.6 Å². The Bertz CT molecular complexity index is 1130. The number of fused-ring (bicyclic) bond motifs is 1. The highest BCUT2D eigenvalue weighted by atomic mass is 32.2. The lowest BCUT2D eigenvalue weighted by Gasteiger charge is -2.21. The standard InChI is InChI=1S/C22H22N2O4S/c1-15-13-19(9-10-23-15)17-3-6-20(7-4-17)29(25,26)24-16(2)18-5-8-21-22(14-18)28-12-11-27-21/h3-10,13-14,16,24H,11-12H2,1-2H3. The summed E-state index contributed by atoms with van der Waals surface area (Å²) in [6.45, 7) is 4.73. The highest BCUT2D eigenvalue weighted by Crippen LogP contribution is 2.33. The lowest BCUT2D eigenvalue weighted by atomic mass is 10.1. The summed E-state index contributed by atoms with van der Waals surface area (Å²) in [5.74, 6) is 1.31. The van der Waals surface area contributed by atoms with Crippen molar-refractivity contribution in [2.75, 3.05) is 13.2 Å². The zero-order valence-electron chi connectivity index (χ0n) is 16.3. The number of hydrogen-bond acceptors (Lipinski definition) is 5. The minimum Gasteiger partial charge on any atom is -0.486 e. The first-order valence-electron chi connectivity index (χ1n) is 9.37. The number of aromatic nitrogens is 1. The molecule has 0 aliphatic carbocycles. The maximum atomic E-state index is 12.8. The van der Waals surface area contributed by atoms with Crippen LogP contribution in [0.5, 0.6) is 11.5 Å². The number of pyridine rings is 1. The molecule has 150 valence electrons. The van der Waals surface area contributed by atoms with Crippen molar-refractivity contribution in [2.45, 2.75) is 24.8 Å². The fourth-order valence-electron chi connectivity index (χ4n) is 3.25. The van der Waals surface area contributed by atoms with E-state index in [0.29, 0.717) is 24.7 Å². The molecule has 0 saturated heterocycles. The third kappa shape index (κ3) is 4.26. The van der Waals surface area contributed by atoms with Gasteiger partial charge in [-0.1, -0.05) is 18.2 Å². The number of ether oxygens (including phenoxy) is 2. The minimum absolute atomic E-state index is 0.219. The van der Waals surface area contributed by atoms with E-state index in [2.05, 4.69) is 9.71 Å². The number of sulfonamides is 1. The maximum absolute atomic E-state index is 12.8. The molecule has 1 aliphatic heterocycles. The molecule has 1 unspecified atom stereocenters. The Morgan fingerprint density at radius 3 is 2.38 bits per heavy atom. The van der Waals surface area contributed by atoms with Crippen LogP contribution in [0.4, 0.5) is 0 Å². The molecule has 0 amide bonds. The van der Waals surface area contributed by atoms with E-state index in [1.807, 2.05) is 31.2 Å². The third-order valence-electron chi connectivity index (χ3n) is 4.79. The molecule has 6 nitrogen and oxygen atoms in total. The van der Waals surface area contributed by atoms with Gasteiger partial charge in [-0.25, -0.2) is 13.1 Å². The molecule has 7 heteroatoms. The molecule has 1 atom stereocenters. The van der Waals surface area contributed by atoms with Crippen LogP contribution in [0, 0.1) is 6.92 Å². The van der Waals surface area contributed by atoms with Crippen molar-refractivity contribution in [1.29, 1.82) is 0 Å². The fourth-order valence-corrected chi connectivity index (χ4v) is 4.48. The van der Waals surface area contributed by atoms with E-state index in [9.17, 15) is 8.42 Å². The van der Waals surface area contributed by atoms with Crippen molar-refractivity contribution in [3.8, 4) is 22.6 Å². The van der Waals surface area contributed by atoms with E-state index in [4.69, 9.17) is 9.47 Å². The Hall–Kier alpha value is -2.90. The highest BCUT2D eigenvalue weighted by Gasteiger charge is 2.20. The predicted molar refractivity (Wildman–Crippen MR) is 111 cm³/mol. The van der Waals surface area contributed by atoms with E-state index in [1.165, 1.54) is 0 Å². The summed E-state index contributed by atoms with van der Waals surface area (Å²) in [4.78, 5) is 4.41. The molecular weight excluding hydrogens is 388 g/mol. The Balaban J connectivity index is 1.52. The molecule has 4 rings (SSSR count). The van der Waals surface area contributed by atoms with Crippen LogP contribution >= 0.6 is 0 Å². The van der Waals surface area contributed by atoms with Gasteiger partial charge in [-0.15, -0.1) is 0 Å². The first kappa shape index (κ1) is 19.4. The van der Waals surface area contributed by atoms with Gasteiger partial charge in [-0.2, -0.15) is 0 Å². The first-order chi connectivity index (χ1) is 13.9. The second kappa shape index (κ2) is 7.85. The number of benzene rings is 2. The lowest BCUT2D eigenvalue weighted by molar-refractivity contribution is 0.171. The van der Waals surface area contributed by atoms with Crippen molar-refractivity contribution in [3.63, 3.8) is 0 Å². The van der Waals surface area contributed by atoms with Gasteiger partial charge in [0.05, 0.1) is 4.90 Å². The Labute approximate surface area is 170 Å². The highest BCUT2D eigenvalue weighted by molar-refractivity contribution is 7.89. The minimum atomic E-state index is -3.67. The zero-order valence-corrected chi connectivity index (χ0v) is 17.1. The number of hydrogen-bond donors (Lipinski definition) is 1. The molecule has 0 saturated carbocycles. The van der Waals surface area contributed by atoms with Gasteiger partial charge in [0.1, 0.15) is 13.2 Å². The molecule has 0 bridgehead atoms. The largest absolute Gasteiger partial charge is 0.486 e. The van der Waals surface area contributed by atoms with Gasteiger partial charge in [0.2, 0.25) is 10.0 Å². The van der Waals surface area contributed by atoms with Crippen LogP contribution in [0.1, 0.15) is 24.2 Å². The fraction of sp³-hybridized carbons (Fsp3) is 0.227. The molecule has 0 radical (unpaired) electrons. The van der Waals surface area contributed by atoms with Gasteiger partial charge in [0.25, 0.3) is 0 Å². The quantitative estimate of drug-likeness (QED) is 0.691. The summed E-state index contributed by atoms with van der Waals surface area (Å²) in [5, 5.41) is 0. The first-order valence-corrected chi connectivity index (χ1v) is 10.9. The smallest absolute Gasteiger partial charge is 0.241 e. The predicted octanol–water partition coefficient (Wildman–Crippen LogP) is 3.87. The van der Waals surface area contributed by atoms with E-state index in [-0.39, 0.29) is 4.90 Å². The average Bonchev–Trinajstić information content (AvgIpc) is 2.73. The summed E-state index contributed by atoms with van der Waals surface area (Å²) >= 11 is 0. The van der Waals surface area contributed by atoms with Crippen molar-refractivity contribution >= 4 is 10.0 Å². The van der Waals surface area contributed by atoms with Crippen molar-refractivity contribution in [2.24, 2.45) is 0 Å². The van der Waals surface area contributed by atoms with E-state index in [1.54, 1.807) is 43.5 Å². The normalized spacial score (nSPS) is 14.4. The summed E-state index contributed by atoms with van der Waals surface area (Å²) < 4.78 is 39.5. The Morgan fingerprint density at radius 1 is 0.931 bits per heavy atom. The molecule has 3 aromatic rings. The molecule has 0 spiro atoms. The maximum Gasteiger partial charge on any atom is 0.241 e. The third-order valence-corrected chi connectivity index (χ3v) is 6.35. The van der Waals surface area contributed by atoms with Gasteiger partial charge in [-0.05, 0) is 66.9 Å². The van der Waals surface area contributed by atoms with Gasteiger partial charge in [0, 0.05) is 17.9 Å². The van der Waals surface area contributed by atoms with E-state index in [0.717, 1.165) is 22.4 Å². The van der Waals surface area contributed by atoms with Gasteiger partial charge < -0.3 is 9.47 Å². The van der Waals surface area contributed by atoms with Gasteiger partial charge in [0.15, 0.2) is 11.5 Å². The molecule has 0 fully saturated rings. The molecule has 1 aliphatic rings. The average molecular weight is 410 g/mol. The van der Waals surface area contributed by atoms with E-state index >= 15 is 0 Å². The van der Waals surface area contributed by atoms with Crippen LogP contribution in [0.2, 0.25) is 0 Å². The monoisotopic (exact) mass is 410 g/mol. The van der Waals surface area contributed by atoms with Crippen molar-refractivity contribution in [1.82, 2.24) is 9.71 Å². The van der Waals surface area contributed by atoms with Crippen LogP contribution in [-0.2, 0) is 10.0 Å². The number of nitrogens with zero attached hydrogens (tertiary/aromatic N) is 1. The van der Waals surface area contributed by atoms with Crippen LogP contribution < -0.4 is 14.2 Å². The number of nitrogens with one attached hydrogen (secondary N) is 1. The Morgan fingerprint density at radius 2 is 1.66 bits per heavy atom. The molecular formula is C22H22N2O4S. The summed E-state index contributed by atoms with van der Waals surface area (Å²) in [5.41, 5.74) is 3.66. The molecule has 1 aromatic heterocycles. The summed E-state index contributed by atoms with van der Waals surface area (Å²) in [6, 6.07) is 15.7. The van der Waals surface area contributed by atoms with Crippen LogP contribution in [0.15, 0.2) is 65.7 Å². The van der Waals surface area contributed by atoms with Gasteiger partial charge >= 0.3 is 0 Å². The SMILES string of the molecule is Cc1cc(-c2ccc(S(=O)(=O)NC(C)c3ccc4c(c3)OCCO4)cc2)ccn1. The molecule has 1 N–H and O–H groups in total. The topological polar surface area (TPSA) is 77.5 Å². The second-order valence-electron chi connectivity index (χ2n) is 6.96. The zero-order chi connectivity index (χ0) is 20.4. The van der Waals surface area contributed by atoms with E-state index < -0.39 is 16.1 Å². The van der Waals surface area contributed by atoms with Crippen molar-refractivity contribution in [3.05, 3.63) is 72.1 Å². The number of rotatable bonds is 5. The van der Waals surface area contributed by atoms with Crippen LogP contribution in [0.25, 0.3) is 11.1 Å². The number of aryl methyl sites for hydroxylation is 1. The molecule has 2 heterocycles.